The fraction of sp³-hybridized carbons (Fsp3) is 0.625. The van der Waals surface area contributed by atoms with Crippen LogP contribution in [0.15, 0.2) is 0 Å². The smallest absolute Gasteiger partial charge is 0.310 e. The number of ketones is 1. The topological polar surface area (TPSA) is 112 Å². The maximum atomic E-state index is 9.87. The van der Waals surface area contributed by atoms with Gasteiger partial charge >= 0.3 is 11.9 Å². The van der Waals surface area contributed by atoms with Gasteiger partial charge < -0.3 is 15.3 Å². The number of carboxylic acid groups (broad SMARTS) is 2. The third kappa shape index (κ3) is 22.4. The molecule has 0 fully saturated rings. The molecule has 0 unspecified atom stereocenters. The first-order valence-electron chi connectivity index (χ1n) is 3.86. The molecule has 0 aromatic heterocycles. The number of aliphatic carboxylic acids is 2. The van der Waals surface area contributed by atoms with Gasteiger partial charge in [0.25, 0.3) is 0 Å². The van der Waals surface area contributed by atoms with Gasteiger partial charge in [-0.2, -0.15) is 0 Å². The average Bonchev–Trinajstić information content (AvgIpc) is 1.79. The highest BCUT2D eigenvalue weighted by atomic mass is 16.4. The summed E-state index contributed by atoms with van der Waals surface area (Å²) in [5.41, 5.74) is 0. The minimum absolute atomic E-state index is 0.167. The van der Waals surface area contributed by atoms with Gasteiger partial charge in [-0.05, 0) is 13.8 Å². The molecule has 1 atom stereocenters. The van der Waals surface area contributed by atoms with E-state index in [4.69, 9.17) is 15.3 Å². The molecule has 6 nitrogen and oxygen atoms in total. The standard InChI is InChI=1S/C4H8O3.C4H6O3/c2*1-3(5)2-4(6)7/h3,5H,2H2,1H3,(H,6,7);2H2,1H3,(H,6,7)/t3-;/m1./s1. The van der Waals surface area contributed by atoms with Gasteiger partial charge in [0.1, 0.15) is 12.2 Å². The van der Waals surface area contributed by atoms with Gasteiger partial charge in [0.15, 0.2) is 0 Å². The van der Waals surface area contributed by atoms with Crippen LogP contribution >= 0.6 is 0 Å². The maximum Gasteiger partial charge on any atom is 0.310 e. The van der Waals surface area contributed by atoms with Crippen molar-refractivity contribution >= 4 is 17.7 Å². The summed E-state index contributed by atoms with van der Waals surface area (Å²) in [7, 11) is 0. The van der Waals surface area contributed by atoms with Crippen LogP contribution in [0.3, 0.4) is 0 Å². The fourth-order valence-corrected chi connectivity index (χ4v) is 0.466. The molecule has 0 spiro atoms. The van der Waals surface area contributed by atoms with Crippen LogP contribution in [-0.2, 0) is 14.4 Å². The lowest BCUT2D eigenvalue weighted by Gasteiger charge is -1.94. The van der Waals surface area contributed by atoms with Gasteiger partial charge in [-0.25, -0.2) is 0 Å². The molecule has 3 N–H and O–H groups in total. The zero-order valence-corrected chi connectivity index (χ0v) is 8.06. The molecule has 0 heterocycles. The van der Waals surface area contributed by atoms with E-state index in [2.05, 4.69) is 0 Å². The van der Waals surface area contributed by atoms with Crippen molar-refractivity contribution < 1.29 is 29.7 Å². The van der Waals surface area contributed by atoms with Crippen LogP contribution in [0.1, 0.15) is 26.7 Å². The Morgan fingerprint density at radius 3 is 1.57 bits per heavy atom. The van der Waals surface area contributed by atoms with E-state index in [1.54, 1.807) is 0 Å². The Labute approximate surface area is 81.2 Å². The number of hydrogen-bond donors (Lipinski definition) is 3. The Kier molecular flexibility index (Phi) is 8.80. The van der Waals surface area contributed by atoms with Crippen molar-refractivity contribution in [3.63, 3.8) is 0 Å². The number of hydrogen-bond acceptors (Lipinski definition) is 4. The zero-order valence-electron chi connectivity index (χ0n) is 8.06. The van der Waals surface area contributed by atoms with Crippen LogP contribution < -0.4 is 0 Å². The molecule has 0 bridgehead atoms. The summed E-state index contributed by atoms with van der Waals surface area (Å²) < 4.78 is 0. The molecule has 82 valence electrons. The third-order valence-electron chi connectivity index (χ3n) is 0.870. The lowest BCUT2D eigenvalue weighted by molar-refractivity contribution is -0.140. The summed E-state index contributed by atoms with van der Waals surface area (Å²) in [4.78, 5) is 29.1. The zero-order chi connectivity index (χ0) is 11.7. The Hall–Kier alpha value is -1.43. The minimum Gasteiger partial charge on any atom is -0.481 e. The van der Waals surface area contributed by atoms with Gasteiger partial charge in [-0.15, -0.1) is 0 Å². The Bertz CT molecular complexity index is 196. The second-order valence-corrected chi connectivity index (χ2v) is 2.72. The van der Waals surface area contributed by atoms with Crippen LogP contribution in [0.4, 0.5) is 0 Å². The third-order valence-corrected chi connectivity index (χ3v) is 0.870. The van der Waals surface area contributed by atoms with Crippen molar-refractivity contribution in [1.29, 1.82) is 0 Å². The predicted molar refractivity (Wildman–Crippen MR) is 46.9 cm³/mol. The van der Waals surface area contributed by atoms with E-state index in [0.29, 0.717) is 0 Å². The highest BCUT2D eigenvalue weighted by Crippen LogP contribution is 1.85. The first-order chi connectivity index (χ1) is 6.25. The second kappa shape index (κ2) is 8.18. The van der Waals surface area contributed by atoms with E-state index >= 15 is 0 Å². The Balaban J connectivity index is 0. The lowest BCUT2D eigenvalue weighted by atomic mass is 10.3. The molecule has 14 heavy (non-hydrogen) atoms. The Morgan fingerprint density at radius 1 is 1.14 bits per heavy atom. The summed E-state index contributed by atoms with van der Waals surface area (Å²) in [5, 5.41) is 24.1. The highest BCUT2D eigenvalue weighted by Gasteiger charge is 2.00. The Morgan fingerprint density at radius 2 is 1.57 bits per heavy atom. The maximum absolute atomic E-state index is 9.87. The van der Waals surface area contributed by atoms with E-state index in [0.717, 1.165) is 0 Å². The van der Waals surface area contributed by atoms with Gasteiger partial charge in [0.2, 0.25) is 0 Å². The van der Waals surface area contributed by atoms with Crippen LogP contribution in [0.5, 0.6) is 0 Å². The second-order valence-electron chi connectivity index (χ2n) is 2.72. The van der Waals surface area contributed by atoms with Crippen LogP contribution in [0, 0.1) is 0 Å². The molecular weight excluding hydrogens is 192 g/mol. The van der Waals surface area contributed by atoms with E-state index in [9.17, 15) is 14.4 Å². The minimum atomic E-state index is -1.06. The normalized spacial score (nSPS) is 10.8. The summed E-state index contributed by atoms with van der Waals surface area (Å²) in [5.74, 6) is -2.34. The highest BCUT2D eigenvalue weighted by molar-refractivity contribution is 5.93. The SMILES string of the molecule is CC(=O)CC(=O)O.C[C@@H](O)CC(=O)O. The van der Waals surface area contributed by atoms with E-state index in [-0.39, 0.29) is 18.6 Å². The molecule has 0 rings (SSSR count). The first kappa shape index (κ1) is 15.1. The van der Waals surface area contributed by atoms with Crippen molar-refractivity contribution in [2.45, 2.75) is 32.8 Å². The van der Waals surface area contributed by atoms with Crippen molar-refractivity contribution in [3.05, 3.63) is 0 Å². The molecule has 0 saturated carbocycles. The molecular formula is C8H14O6. The lowest BCUT2D eigenvalue weighted by Crippen LogP contribution is -2.07. The van der Waals surface area contributed by atoms with Gasteiger partial charge in [0, 0.05) is 0 Å². The largest absolute Gasteiger partial charge is 0.481 e. The number of Topliss-reactive ketones (excluding diaryl/α,β-unsaturated/α-hetero) is 1. The number of carbonyl (C=O) groups is 3. The number of aliphatic hydroxyl groups excluding tert-OH is 1. The molecule has 6 heteroatoms. The number of carboxylic acids is 2. The molecule has 0 radical (unpaired) electrons. The van der Waals surface area contributed by atoms with Gasteiger partial charge in [-0.3, -0.25) is 14.4 Å². The van der Waals surface area contributed by atoms with Crippen molar-refractivity contribution in [1.82, 2.24) is 0 Å². The van der Waals surface area contributed by atoms with E-state index in [1.165, 1.54) is 13.8 Å². The summed E-state index contributed by atoms with van der Waals surface area (Å²) >= 11 is 0. The van der Waals surface area contributed by atoms with Crippen LogP contribution in [-0.4, -0.2) is 39.1 Å². The number of carbonyl (C=O) groups excluding carboxylic acids is 1. The average molecular weight is 206 g/mol. The number of aliphatic hydroxyl groups is 1. The van der Waals surface area contributed by atoms with Gasteiger partial charge in [0.05, 0.1) is 12.5 Å². The molecule has 0 saturated heterocycles. The summed E-state index contributed by atoms with van der Waals surface area (Å²) in [6.45, 7) is 2.68. The fourth-order valence-electron chi connectivity index (χ4n) is 0.466. The monoisotopic (exact) mass is 206 g/mol. The molecule has 0 aliphatic heterocycles. The van der Waals surface area contributed by atoms with Crippen molar-refractivity contribution in [3.8, 4) is 0 Å². The molecule has 0 aromatic rings. The number of rotatable bonds is 4. The van der Waals surface area contributed by atoms with Crippen molar-refractivity contribution in [2.24, 2.45) is 0 Å². The molecule has 0 aliphatic rings. The van der Waals surface area contributed by atoms with Crippen LogP contribution in [0.2, 0.25) is 0 Å². The quantitative estimate of drug-likeness (QED) is 0.553. The molecule has 0 aromatic carbocycles. The first-order valence-corrected chi connectivity index (χ1v) is 3.86. The van der Waals surface area contributed by atoms with E-state index in [1.807, 2.05) is 0 Å². The summed E-state index contributed by atoms with van der Waals surface area (Å²) in [6.07, 6.45) is -1.25. The summed E-state index contributed by atoms with van der Waals surface area (Å²) in [6, 6.07) is 0. The van der Waals surface area contributed by atoms with Gasteiger partial charge in [-0.1, -0.05) is 0 Å². The molecule has 0 amide bonds. The van der Waals surface area contributed by atoms with E-state index < -0.39 is 18.0 Å². The molecule has 0 aliphatic carbocycles. The predicted octanol–water partition coefficient (Wildman–Crippen LogP) is -0.108. The van der Waals surface area contributed by atoms with Crippen LogP contribution in [0.25, 0.3) is 0 Å². The van der Waals surface area contributed by atoms with Crippen molar-refractivity contribution in [2.75, 3.05) is 0 Å².